The number of nitrogens with zero attached hydrogens (tertiary/aromatic N) is 1. The molecule has 19 heavy (non-hydrogen) atoms. The van der Waals surface area contributed by atoms with E-state index in [0.717, 1.165) is 19.3 Å². The molecule has 2 atom stereocenters. The smallest absolute Gasteiger partial charge is 0.271 e. The summed E-state index contributed by atoms with van der Waals surface area (Å²) in [5, 5.41) is -0.807. The molecule has 2 unspecified atom stereocenters. The molecule has 7 heteroatoms. The third-order valence-corrected chi connectivity index (χ3v) is 5.12. The van der Waals surface area contributed by atoms with Crippen LogP contribution in [0.4, 0.5) is 13.2 Å². The van der Waals surface area contributed by atoms with Crippen molar-refractivity contribution >= 4 is 11.3 Å². The normalized spacial score (nSPS) is 24.6. The van der Waals surface area contributed by atoms with E-state index >= 15 is 0 Å². The Morgan fingerprint density at radius 2 is 2.21 bits per heavy atom. The van der Waals surface area contributed by atoms with Crippen LogP contribution in [0.5, 0.6) is 0 Å². The van der Waals surface area contributed by atoms with E-state index in [1.54, 1.807) is 0 Å². The number of hydrogen-bond acceptors (Lipinski definition) is 4. The molecule has 1 aliphatic rings. The molecule has 0 saturated heterocycles. The van der Waals surface area contributed by atoms with Gasteiger partial charge in [0.25, 0.3) is 0 Å². The van der Waals surface area contributed by atoms with Gasteiger partial charge >= 0.3 is 6.18 Å². The SMILES string of the molecule is CC1(C)CCCC1C(NN)c1cnc(C(F)(F)F)s1. The zero-order chi connectivity index (χ0) is 14.3. The second-order valence-corrected chi connectivity index (χ2v) is 6.76. The third kappa shape index (κ3) is 2.93. The van der Waals surface area contributed by atoms with Gasteiger partial charge in [-0.1, -0.05) is 20.3 Å². The van der Waals surface area contributed by atoms with E-state index < -0.39 is 11.2 Å². The van der Waals surface area contributed by atoms with Crippen molar-refractivity contribution in [3.05, 3.63) is 16.1 Å². The van der Waals surface area contributed by atoms with Crippen LogP contribution in [-0.4, -0.2) is 4.98 Å². The van der Waals surface area contributed by atoms with E-state index in [1.165, 1.54) is 6.20 Å². The Labute approximate surface area is 114 Å². The summed E-state index contributed by atoms with van der Waals surface area (Å²) in [5.74, 6) is 5.81. The van der Waals surface area contributed by atoms with Crippen molar-refractivity contribution < 1.29 is 13.2 Å². The van der Waals surface area contributed by atoms with E-state index in [-0.39, 0.29) is 17.4 Å². The van der Waals surface area contributed by atoms with Gasteiger partial charge in [0, 0.05) is 11.1 Å². The maximum absolute atomic E-state index is 12.6. The van der Waals surface area contributed by atoms with Crippen molar-refractivity contribution in [3.63, 3.8) is 0 Å². The molecule has 0 radical (unpaired) electrons. The predicted octanol–water partition coefficient (Wildman–Crippen LogP) is 3.49. The van der Waals surface area contributed by atoms with E-state index in [2.05, 4.69) is 24.3 Å². The first kappa shape index (κ1) is 14.7. The van der Waals surface area contributed by atoms with Gasteiger partial charge in [-0.15, -0.1) is 11.3 Å². The molecule has 0 aliphatic heterocycles. The van der Waals surface area contributed by atoms with E-state index in [9.17, 15) is 13.2 Å². The third-order valence-electron chi connectivity index (χ3n) is 3.99. The molecule has 1 fully saturated rings. The van der Waals surface area contributed by atoms with Gasteiger partial charge in [0.05, 0.1) is 6.04 Å². The first-order valence-electron chi connectivity index (χ1n) is 6.25. The maximum atomic E-state index is 12.6. The number of alkyl halides is 3. The molecule has 108 valence electrons. The Hall–Kier alpha value is -0.660. The minimum atomic E-state index is -4.38. The number of rotatable bonds is 3. The largest absolute Gasteiger partial charge is 0.443 e. The highest BCUT2D eigenvalue weighted by atomic mass is 32.1. The highest BCUT2D eigenvalue weighted by molar-refractivity contribution is 7.11. The summed E-state index contributed by atoms with van der Waals surface area (Å²) in [6.07, 6.45) is 0.0440. The second kappa shape index (κ2) is 5.03. The van der Waals surface area contributed by atoms with E-state index in [4.69, 9.17) is 5.84 Å². The first-order chi connectivity index (χ1) is 8.75. The van der Waals surface area contributed by atoms with Crippen LogP contribution in [-0.2, 0) is 6.18 Å². The minimum absolute atomic E-state index is 0.0828. The summed E-state index contributed by atoms with van der Waals surface area (Å²) in [6, 6.07) is -0.258. The summed E-state index contributed by atoms with van der Waals surface area (Å²) >= 11 is 0.681. The Kier molecular flexibility index (Phi) is 3.90. The lowest BCUT2D eigenvalue weighted by Crippen LogP contribution is -2.37. The summed E-state index contributed by atoms with van der Waals surface area (Å²) in [7, 11) is 0. The van der Waals surface area contributed by atoms with Gasteiger partial charge in [0.15, 0.2) is 5.01 Å². The summed E-state index contributed by atoms with van der Waals surface area (Å²) in [4.78, 5) is 4.04. The van der Waals surface area contributed by atoms with Crippen molar-refractivity contribution in [1.29, 1.82) is 0 Å². The van der Waals surface area contributed by atoms with Crippen LogP contribution in [0.1, 0.15) is 49.0 Å². The van der Waals surface area contributed by atoms with Crippen LogP contribution < -0.4 is 11.3 Å². The molecular weight excluding hydrogens is 275 g/mol. The van der Waals surface area contributed by atoms with Crippen molar-refractivity contribution in [2.45, 2.75) is 45.3 Å². The molecule has 1 aliphatic carbocycles. The molecular formula is C12H18F3N3S. The fourth-order valence-electron chi connectivity index (χ4n) is 2.93. The molecule has 3 N–H and O–H groups in total. The predicted molar refractivity (Wildman–Crippen MR) is 68.3 cm³/mol. The molecule has 0 bridgehead atoms. The molecule has 0 spiro atoms. The number of nitrogens with one attached hydrogen (secondary N) is 1. The fourth-order valence-corrected chi connectivity index (χ4v) is 3.84. The quantitative estimate of drug-likeness (QED) is 0.662. The Morgan fingerprint density at radius 1 is 1.53 bits per heavy atom. The zero-order valence-corrected chi connectivity index (χ0v) is 11.7. The van der Waals surface area contributed by atoms with Crippen molar-refractivity contribution in [1.82, 2.24) is 10.4 Å². The lowest BCUT2D eigenvalue weighted by atomic mass is 9.77. The second-order valence-electron chi connectivity index (χ2n) is 5.70. The number of nitrogens with two attached hydrogens (primary N) is 1. The highest BCUT2D eigenvalue weighted by Crippen LogP contribution is 2.49. The molecule has 3 nitrogen and oxygen atoms in total. The topological polar surface area (TPSA) is 50.9 Å². The van der Waals surface area contributed by atoms with Gasteiger partial charge in [-0.3, -0.25) is 11.3 Å². The van der Waals surface area contributed by atoms with Crippen molar-refractivity contribution in [3.8, 4) is 0 Å². The van der Waals surface area contributed by atoms with Crippen LogP contribution in [0.15, 0.2) is 6.20 Å². The van der Waals surface area contributed by atoms with Crippen LogP contribution in [0.2, 0.25) is 0 Å². The average molecular weight is 293 g/mol. The highest BCUT2D eigenvalue weighted by Gasteiger charge is 2.42. The molecule has 1 aromatic heterocycles. The van der Waals surface area contributed by atoms with Gasteiger partial charge < -0.3 is 0 Å². The minimum Gasteiger partial charge on any atom is -0.271 e. The van der Waals surface area contributed by atoms with Crippen LogP contribution in [0.25, 0.3) is 0 Å². The van der Waals surface area contributed by atoms with E-state index in [0.29, 0.717) is 16.2 Å². The molecule has 1 aromatic rings. The standard InChI is InChI=1S/C12H18F3N3S/c1-11(2)5-3-4-7(11)9(18-16)8-6-17-10(19-8)12(13,14)15/h6-7,9,18H,3-5,16H2,1-2H3. The van der Waals surface area contributed by atoms with Gasteiger partial charge in [0.2, 0.25) is 0 Å². The van der Waals surface area contributed by atoms with Crippen molar-refractivity contribution in [2.24, 2.45) is 17.2 Å². The zero-order valence-electron chi connectivity index (χ0n) is 10.9. The molecule has 2 rings (SSSR count). The van der Waals surface area contributed by atoms with Crippen molar-refractivity contribution in [2.75, 3.05) is 0 Å². The number of hydrogen-bond donors (Lipinski definition) is 2. The molecule has 0 amide bonds. The molecule has 1 saturated carbocycles. The lowest BCUT2D eigenvalue weighted by molar-refractivity contribution is -0.137. The van der Waals surface area contributed by atoms with Gasteiger partial charge in [0.1, 0.15) is 0 Å². The molecule has 1 heterocycles. The fraction of sp³-hybridized carbons (Fsp3) is 0.750. The number of halogens is 3. The summed E-state index contributed by atoms with van der Waals surface area (Å²) in [6.45, 7) is 4.28. The van der Waals surface area contributed by atoms with Gasteiger partial charge in [-0.2, -0.15) is 13.2 Å². The van der Waals surface area contributed by atoms with Crippen LogP contribution >= 0.6 is 11.3 Å². The Balaban J connectivity index is 2.25. The number of hydrazine groups is 1. The summed E-state index contributed by atoms with van der Waals surface area (Å²) in [5.41, 5.74) is 2.77. The first-order valence-corrected chi connectivity index (χ1v) is 7.06. The lowest BCUT2D eigenvalue weighted by Gasteiger charge is -2.33. The Morgan fingerprint density at radius 3 is 2.63 bits per heavy atom. The average Bonchev–Trinajstić information content (AvgIpc) is 2.87. The van der Waals surface area contributed by atoms with Crippen LogP contribution in [0, 0.1) is 11.3 Å². The van der Waals surface area contributed by atoms with Crippen LogP contribution in [0.3, 0.4) is 0 Å². The maximum Gasteiger partial charge on any atom is 0.443 e. The monoisotopic (exact) mass is 293 g/mol. The van der Waals surface area contributed by atoms with E-state index in [1.807, 2.05) is 0 Å². The molecule has 0 aromatic carbocycles. The number of aromatic nitrogens is 1. The summed E-state index contributed by atoms with van der Waals surface area (Å²) < 4.78 is 37.8. The number of thiazole rings is 1. The van der Waals surface area contributed by atoms with Gasteiger partial charge in [-0.05, 0) is 24.2 Å². The van der Waals surface area contributed by atoms with Gasteiger partial charge in [-0.25, -0.2) is 4.98 Å². The Bertz CT molecular complexity index is 442.